The van der Waals surface area contributed by atoms with Crippen molar-refractivity contribution < 1.29 is 4.74 Å². The highest BCUT2D eigenvalue weighted by Crippen LogP contribution is 2.23. The van der Waals surface area contributed by atoms with E-state index < -0.39 is 0 Å². The maximum Gasteiger partial charge on any atom is 0.0737 e. The Hall–Kier alpha value is -2.53. The molecular formula is C21H24N4O. The first kappa shape index (κ1) is 16.9. The van der Waals surface area contributed by atoms with Crippen LogP contribution in [0.25, 0.3) is 16.9 Å². The Balaban J connectivity index is 1.55. The van der Waals surface area contributed by atoms with Crippen LogP contribution in [-0.4, -0.2) is 33.0 Å². The van der Waals surface area contributed by atoms with Crippen LogP contribution < -0.4 is 0 Å². The van der Waals surface area contributed by atoms with Gasteiger partial charge in [0.2, 0.25) is 0 Å². The minimum absolute atomic E-state index is 0.646. The SMILES string of the molecule is CCCc1cc(-n2cc(-c3ccc(CC4COC4)c(C)n3)cn2)ccn1. The fourth-order valence-electron chi connectivity index (χ4n) is 3.28. The van der Waals surface area contributed by atoms with Crippen molar-refractivity contribution in [2.45, 2.75) is 33.1 Å². The summed E-state index contributed by atoms with van der Waals surface area (Å²) >= 11 is 0. The van der Waals surface area contributed by atoms with Gasteiger partial charge < -0.3 is 4.74 Å². The first-order chi connectivity index (χ1) is 12.7. The molecule has 4 rings (SSSR count). The molecule has 5 heteroatoms. The summed E-state index contributed by atoms with van der Waals surface area (Å²) in [5.74, 6) is 0.646. The maximum atomic E-state index is 5.27. The Morgan fingerprint density at radius 3 is 2.85 bits per heavy atom. The molecule has 0 spiro atoms. The van der Waals surface area contributed by atoms with Crippen LogP contribution >= 0.6 is 0 Å². The molecule has 1 fully saturated rings. The number of nitrogens with zero attached hydrogens (tertiary/aromatic N) is 4. The lowest BCUT2D eigenvalue weighted by Crippen LogP contribution is -2.29. The summed E-state index contributed by atoms with van der Waals surface area (Å²) < 4.78 is 7.17. The fraction of sp³-hybridized carbons (Fsp3) is 0.381. The van der Waals surface area contributed by atoms with Crippen molar-refractivity contribution in [2.24, 2.45) is 5.92 Å². The molecule has 5 nitrogen and oxygen atoms in total. The van der Waals surface area contributed by atoms with E-state index in [0.717, 1.165) is 60.8 Å². The van der Waals surface area contributed by atoms with Crippen LogP contribution in [0.2, 0.25) is 0 Å². The van der Waals surface area contributed by atoms with Gasteiger partial charge in [0.05, 0.1) is 30.8 Å². The Morgan fingerprint density at radius 2 is 2.12 bits per heavy atom. The Morgan fingerprint density at radius 1 is 1.23 bits per heavy atom. The van der Waals surface area contributed by atoms with Gasteiger partial charge in [0, 0.05) is 35.3 Å². The molecule has 4 heterocycles. The predicted octanol–water partition coefficient (Wildman–Crippen LogP) is 3.78. The molecule has 3 aromatic rings. The monoisotopic (exact) mass is 348 g/mol. The second-order valence-electron chi connectivity index (χ2n) is 6.98. The molecule has 0 N–H and O–H groups in total. The third-order valence-corrected chi connectivity index (χ3v) is 4.86. The van der Waals surface area contributed by atoms with Crippen LogP contribution in [0.1, 0.15) is 30.3 Å². The van der Waals surface area contributed by atoms with E-state index in [9.17, 15) is 0 Å². The van der Waals surface area contributed by atoms with Gasteiger partial charge in [-0.1, -0.05) is 19.4 Å². The molecule has 0 amide bonds. The van der Waals surface area contributed by atoms with Crippen molar-refractivity contribution in [3.05, 3.63) is 59.8 Å². The zero-order chi connectivity index (χ0) is 17.9. The van der Waals surface area contributed by atoms with E-state index in [-0.39, 0.29) is 0 Å². The van der Waals surface area contributed by atoms with E-state index in [0.29, 0.717) is 5.92 Å². The summed E-state index contributed by atoms with van der Waals surface area (Å²) in [5.41, 5.74) is 6.53. The van der Waals surface area contributed by atoms with E-state index >= 15 is 0 Å². The van der Waals surface area contributed by atoms with Crippen LogP contribution in [0.3, 0.4) is 0 Å². The van der Waals surface area contributed by atoms with Crippen LogP contribution in [0.15, 0.2) is 42.9 Å². The van der Waals surface area contributed by atoms with Gasteiger partial charge in [-0.3, -0.25) is 9.97 Å². The lowest BCUT2D eigenvalue weighted by atomic mass is 9.97. The van der Waals surface area contributed by atoms with E-state index in [2.05, 4.69) is 42.1 Å². The standard InChI is InChI=1S/C21H24N4O/c1-3-4-19-10-20(7-8-22-19)25-12-18(11-23-25)21-6-5-17(15(2)24-21)9-16-13-26-14-16/h5-8,10-12,16H,3-4,9,13-14H2,1-2H3. The van der Waals surface area contributed by atoms with Crippen molar-refractivity contribution in [3.63, 3.8) is 0 Å². The second-order valence-corrected chi connectivity index (χ2v) is 6.98. The number of rotatable bonds is 6. The first-order valence-electron chi connectivity index (χ1n) is 9.27. The van der Waals surface area contributed by atoms with E-state index in [1.165, 1.54) is 5.56 Å². The van der Waals surface area contributed by atoms with Crippen LogP contribution in [0, 0.1) is 12.8 Å². The van der Waals surface area contributed by atoms with Crippen molar-refractivity contribution in [1.29, 1.82) is 0 Å². The number of aromatic nitrogens is 4. The van der Waals surface area contributed by atoms with Gasteiger partial charge >= 0.3 is 0 Å². The molecule has 0 atom stereocenters. The van der Waals surface area contributed by atoms with E-state index in [4.69, 9.17) is 9.72 Å². The zero-order valence-electron chi connectivity index (χ0n) is 15.4. The Kier molecular flexibility index (Phi) is 4.80. The average Bonchev–Trinajstić information content (AvgIpc) is 3.10. The molecule has 1 saturated heterocycles. The zero-order valence-corrected chi connectivity index (χ0v) is 15.4. The van der Waals surface area contributed by atoms with Gasteiger partial charge in [-0.25, -0.2) is 4.68 Å². The van der Waals surface area contributed by atoms with Crippen LogP contribution in [0.5, 0.6) is 0 Å². The third kappa shape index (κ3) is 3.53. The Bertz CT molecular complexity index is 899. The van der Waals surface area contributed by atoms with Gasteiger partial charge in [0.15, 0.2) is 0 Å². The van der Waals surface area contributed by atoms with E-state index in [1.807, 2.05) is 29.3 Å². The molecule has 1 aliphatic rings. The number of hydrogen-bond donors (Lipinski definition) is 0. The number of pyridine rings is 2. The van der Waals surface area contributed by atoms with Gasteiger partial charge in [0.1, 0.15) is 0 Å². The summed E-state index contributed by atoms with van der Waals surface area (Å²) in [6, 6.07) is 8.37. The van der Waals surface area contributed by atoms with E-state index in [1.54, 1.807) is 0 Å². The lowest BCUT2D eigenvalue weighted by molar-refractivity contribution is -0.0313. The maximum absolute atomic E-state index is 5.27. The highest BCUT2D eigenvalue weighted by molar-refractivity contribution is 5.58. The smallest absolute Gasteiger partial charge is 0.0737 e. The van der Waals surface area contributed by atoms with Crippen LogP contribution in [0.4, 0.5) is 0 Å². The molecule has 0 unspecified atom stereocenters. The summed E-state index contributed by atoms with van der Waals surface area (Å²) in [6.07, 6.45) is 8.88. The minimum atomic E-state index is 0.646. The molecule has 0 aromatic carbocycles. The Labute approximate surface area is 154 Å². The highest BCUT2D eigenvalue weighted by Gasteiger charge is 2.20. The number of ether oxygens (including phenoxy) is 1. The van der Waals surface area contributed by atoms with Crippen molar-refractivity contribution in [3.8, 4) is 16.9 Å². The molecule has 0 aliphatic carbocycles. The molecular weight excluding hydrogens is 324 g/mol. The highest BCUT2D eigenvalue weighted by atomic mass is 16.5. The quantitative estimate of drug-likeness (QED) is 0.680. The number of aryl methyl sites for hydroxylation is 2. The molecule has 3 aromatic heterocycles. The summed E-state index contributed by atoms with van der Waals surface area (Å²) in [5, 5.41) is 4.52. The molecule has 134 valence electrons. The molecule has 1 aliphatic heterocycles. The second kappa shape index (κ2) is 7.38. The van der Waals surface area contributed by atoms with Crippen molar-refractivity contribution >= 4 is 0 Å². The largest absolute Gasteiger partial charge is 0.381 e. The van der Waals surface area contributed by atoms with Gasteiger partial charge in [-0.05, 0) is 43.5 Å². The van der Waals surface area contributed by atoms with Crippen molar-refractivity contribution in [1.82, 2.24) is 19.7 Å². The minimum Gasteiger partial charge on any atom is -0.381 e. The molecule has 0 saturated carbocycles. The summed E-state index contributed by atoms with van der Waals surface area (Å²) in [7, 11) is 0. The topological polar surface area (TPSA) is 52.8 Å². The molecule has 26 heavy (non-hydrogen) atoms. The molecule has 0 radical (unpaired) electrons. The first-order valence-corrected chi connectivity index (χ1v) is 9.27. The molecule has 0 bridgehead atoms. The van der Waals surface area contributed by atoms with Crippen molar-refractivity contribution in [2.75, 3.05) is 13.2 Å². The third-order valence-electron chi connectivity index (χ3n) is 4.86. The normalized spacial score (nSPS) is 14.4. The van der Waals surface area contributed by atoms with Gasteiger partial charge in [-0.15, -0.1) is 0 Å². The van der Waals surface area contributed by atoms with Gasteiger partial charge in [-0.2, -0.15) is 5.10 Å². The summed E-state index contributed by atoms with van der Waals surface area (Å²) in [4.78, 5) is 9.22. The lowest BCUT2D eigenvalue weighted by Gasteiger charge is -2.26. The average molecular weight is 348 g/mol. The van der Waals surface area contributed by atoms with Gasteiger partial charge in [0.25, 0.3) is 0 Å². The summed E-state index contributed by atoms with van der Waals surface area (Å²) in [6.45, 7) is 6.00. The van der Waals surface area contributed by atoms with Crippen LogP contribution in [-0.2, 0) is 17.6 Å². The number of hydrogen-bond acceptors (Lipinski definition) is 4. The fourth-order valence-corrected chi connectivity index (χ4v) is 3.28. The predicted molar refractivity (Wildman–Crippen MR) is 101 cm³/mol.